The predicted octanol–water partition coefficient (Wildman–Crippen LogP) is 0.589. The first-order valence-electron chi connectivity index (χ1n) is 5.35. The Labute approximate surface area is 107 Å². The van der Waals surface area contributed by atoms with E-state index in [0.717, 1.165) is 13.1 Å². The van der Waals surface area contributed by atoms with Crippen molar-refractivity contribution in [1.82, 2.24) is 19.9 Å². The Bertz CT molecular complexity index is 368. The molecule has 0 atom stereocenters. The van der Waals surface area contributed by atoms with Crippen molar-refractivity contribution < 1.29 is 0 Å². The predicted molar refractivity (Wildman–Crippen MR) is 71.0 cm³/mol. The molecule has 0 amide bonds. The summed E-state index contributed by atoms with van der Waals surface area (Å²) in [5.41, 5.74) is 0. The molecule has 0 aliphatic rings. The van der Waals surface area contributed by atoms with E-state index in [1.54, 1.807) is 4.90 Å². The lowest BCUT2D eigenvalue weighted by molar-refractivity contribution is 0.415. The molecule has 96 valence electrons. The molecule has 1 rings (SSSR count). The minimum absolute atomic E-state index is 0.218. The first-order valence-corrected chi connectivity index (χ1v) is 5.72. The molecule has 0 bridgehead atoms. The minimum atomic E-state index is 0.218. The highest BCUT2D eigenvalue weighted by molar-refractivity contribution is 6.28. The van der Waals surface area contributed by atoms with Crippen LogP contribution in [0.2, 0.25) is 5.28 Å². The number of anilines is 2. The van der Waals surface area contributed by atoms with E-state index in [4.69, 9.17) is 11.6 Å². The van der Waals surface area contributed by atoms with Crippen LogP contribution in [0.5, 0.6) is 0 Å². The maximum Gasteiger partial charge on any atom is 0.231 e. The van der Waals surface area contributed by atoms with Crippen molar-refractivity contribution in [2.75, 3.05) is 58.1 Å². The zero-order valence-corrected chi connectivity index (χ0v) is 11.7. The maximum atomic E-state index is 5.87. The van der Waals surface area contributed by atoms with Crippen molar-refractivity contribution in [2.24, 2.45) is 0 Å². The lowest BCUT2D eigenvalue weighted by atomic mass is 10.5. The van der Waals surface area contributed by atoms with Gasteiger partial charge in [-0.3, -0.25) is 0 Å². The molecule has 0 radical (unpaired) electrons. The highest BCUT2D eigenvalue weighted by Gasteiger charge is 2.10. The molecule has 6 nitrogen and oxygen atoms in total. The summed E-state index contributed by atoms with van der Waals surface area (Å²) in [5.74, 6) is 1.16. The van der Waals surface area contributed by atoms with Gasteiger partial charge in [0.15, 0.2) is 0 Å². The van der Waals surface area contributed by atoms with E-state index in [1.807, 2.05) is 40.1 Å². The summed E-state index contributed by atoms with van der Waals surface area (Å²) in [5, 5.41) is 0.218. The molecule has 0 spiro atoms. The normalized spacial score (nSPS) is 10.8. The van der Waals surface area contributed by atoms with Crippen molar-refractivity contribution in [3.05, 3.63) is 5.28 Å². The maximum absolute atomic E-state index is 5.87. The summed E-state index contributed by atoms with van der Waals surface area (Å²) in [6, 6.07) is 0. The van der Waals surface area contributed by atoms with Crippen molar-refractivity contribution in [3.8, 4) is 0 Å². The molecule has 0 aromatic carbocycles. The number of halogens is 1. The van der Waals surface area contributed by atoms with E-state index in [0.29, 0.717) is 11.9 Å². The quantitative estimate of drug-likeness (QED) is 0.771. The second-order valence-corrected chi connectivity index (χ2v) is 4.66. The van der Waals surface area contributed by atoms with Crippen LogP contribution in [-0.2, 0) is 0 Å². The Kier molecular flexibility index (Phi) is 4.89. The van der Waals surface area contributed by atoms with Gasteiger partial charge in [0.05, 0.1) is 0 Å². The van der Waals surface area contributed by atoms with Crippen LogP contribution < -0.4 is 9.80 Å². The molecule has 1 aromatic rings. The number of nitrogens with zero attached hydrogens (tertiary/aromatic N) is 6. The SMILES string of the molecule is CN(C)CCN(C)c1nc(Cl)nc(N(C)C)n1. The number of aromatic nitrogens is 3. The number of hydrogen-bond donors (Lipinski definition) is 0. The molecule has 0 aliphatic carbocycles. The third-order valence-electron chi connectivity index (χ3n) is 2.21. The van der Waals surface area contributed by atoms with Crippen molar-refractivity contribution in [2.45, 2.75) is 0 Å². The molecule has 0 fully saturated rings. The fourth-order valence-electron chi connectivity index (χ4n) is 1.15. The van der Waals surface area contributed by atoms with Gasteiger partial charge in [0, 0.05) is 34.2 Å². The minimum Gasteiger partial charge on any atom is -0.347 e. The molecule has 0 unspecified atom stereocenters. The van der Waals surface area contributed by atoms with Gasteiger partial charge in [-0.1, -0.05) is 0 Å². The van der Waals surface area contributed by atoms with Gasteiger partial charge in [-0.2, -0.15) is 15.0 Å². The van der Waals surface area contributed by atoms with Gasteiger partial charge in [-0.25, -0.2) is 0 Å². The van der Waals surface area contributed by atoms with E-state index in [2.05, 4.69) is 19.9 Å². The van der Waals surface area contributed by atoms with E-state index in [9.17, 15) is 0 Å². The molecule has 0 N–H and O–H groups in total. The van der Waals surface area contributed by atoms with Gasteiger partial charge >= 0.3 is 0 Å². The molecular weight excluding hydrogens is 240 g/mol. The van der Waals surface area contributed by atoms with E-state index >= 15 is 0 Å². The number of likely N-dealkylation sites (N-methyl/N-ethyl adjacent to an activating group) is 2. The summed E-state index contributed by atoms with van der Waals surface area (Å²) in [6.45, 7) is 1.76. The van der Waals surface area contributed by atoms with E-state index in [1.165, 1.54) is 0 Å². The number of hydrogen-bond acceptors (Lipinski definition) is 6. The van der Waals surface area contributed by atoms with Crippen molar-refractivity contribution >= 4 is 23.5 Å². The molecule has 17 heavy (non-hydrogen) atoms. The smallest absolute Gasteiger partial charge is 0.231 e. The van der Waals surface area contributed by atoms with Gasteiger partial charge in [0.25, 0.3) is 0 Å². The Morgan fingerprint density at radius 2 is 1.47 bits per heavy atom. The van der Waals surface area contributed by atoms with Crippen LogP contribution in [0.3, 0.4) is 0 Å². The van der Waals surface area contributed by atoms with Crippen LogP contribution in [0.15, 0.2) is 0 Å². The monoisotopic (exact) mass is 258 g/mol. The summed E-state index contributed by atoms with van der Waals surface area (Å²) >= 11 is 5.87. The third kappa shape index (κ3) is 4.32. The fourth-order valence-corrected chi connectivity index (χ4v) is 1.30. The molecular formula is C10H19ClN6. The highest BCUT2D eigenvalue weighted by atomic mass is 35.5. The first kappa shape index (κ1) is 13.9. The molecule has 1 heterocycles. The van der Waals surface area contributed by atoms with Crippen LogP contribution in [0.4, 0.5) is 11.9 Å². The Balaban J connectivity index is 2.82. The largest absolute Gasteiger partial charge is 0.347 e. The fraction of sp³-hybridized carbons (Fsp3) is 0.700. The van der Waals surface area contributed by atoms with Gasteiger partial charge < -0.3 is 14.7 Å². The van der Waals surface area contributed by atoms with Crippen molar-refractivity contribution in [1.29, 1.82) is 0 Å². The molecule has 0 saturated carbocycles. The van der Waals surface area contributed by atoms with Crippen LogP contribution >= 0.6 is 11.6 Å². The van der Waals surface area contributed by atoms with Crippen molar-refractivity contribution in [3.63, 3.8) is 0 Å². The zero-order valence-electron chi connectivity index (χ0n) is 11.0. The molecule has 7 heteroatoms. The average Bonchev–Trinajstić information content (AvgIpc) is 2.24. The molecule has 1 aromatic heterocycles. The summed E-state index contributed by atoms with van der Waals surface area (Å²) in [6.07, 6.45) is 0. The second kappa shape index (κ2) is 5.97. The van der Waals surface area contributed by atoms with Crippen LogP contribution in [0.1, 0.15) is 0 Å². The van der Waals surface area contributed by atoms with Crippen LogP contribution in [-0.4, -0.2) is 68.2 Å². The van der Waals surface area contributed by atoms with Crippen LogP contribution in [0.25, 0.3) is 0 Å². The Morgan fingerprint density at radius 1 is 0.882 bits per heavy atom. The highest BCUT2D eigenvalue weighted by Crippen LogP contribution is 2.13. The van der Waals surface area contributed by atoms with Gasteiger partial charge in [0.1, 0.15) is 0 Å². The number of rotatable bonds is 5. The molecule has 0 saturated heterocycles. The third-order valence-corrected chi connectivity index (χ3v) is 2.38. The average molecular weight is 259 g/mol. The Hall–Kier alpha value is -1.14. The van der Waals surface area contributed by atoms with Gasteiger partial charge in [-0.05, 0) is 25.7 Å². The zero-order chi connectivity index (χ0) is 13.0. The summed E-state index contributed by atoms with van der Waals surface area (Å²) in [4.78, 5) is 18.4. The second-order valence-electron chi connectivity index (χ2n) is 4.32. The Morgan fingerprint density at radius 3 is 2.00 bits per heavy atom. The summed E-state index contributed by atoms with van der Waals surface area (Å²) in [7, 11) is 9.73. The van der Waals surface area contributed by atoms with E-state index < -0.39 is 0 Å². The standard InChI is InChI=1S/C10H19ClN6/c1-15(2)6-7-17(5)10-13-8(11)12-9(14-10)16(3)4/h6-7H2,1-5H3. The lowest BCUT2D eigenvalue weighted by Gasteiger charge is -2.20. The topological polar surface area (TPSA) is 48.4 Å². The van der Waals surface area contributed by atoms with Crippen LogP contribution in [0, 0.1) is 0 Å². The lowest BCUT2D eigenvalue weighted by Crippen LogP contribution is -2.30. The van der Waals surface area contributed by atoms with E-state index in [-0.39, 0.29) is 5.28 Å². The van der Waals surface area contributed by atoms with Gasteiger partial charge in [0.2, 0.25) is 17.2 Å². The first-order chi connectivity index (χ1) is 7.90. The summed E-state index contributed by atoms with van der Waals surface area (Å²) < 4.78 is 0. The van der Waals surface area contributed by atoms with Gasteiger partial charge in [-0.15, -0.1) is 0 Å². The molecule has 0 aliphatic heterocycles.